The number of nitrogens with zero attached hydrogens (tertiary/aromatic N) is 3. The molecule has 1 aliphatic heterocycles. The molecule has 0 aliphatic carbocycles. The van der Waals surface area contributed by atoms with Gasteiger partial charge < -0.3 is 10.2 Å². The number of hydrogen-bond acceptors (Lipinski definition) is 2. The second-order valence-corrected chi connectivity index (χ2v) is 5.68. The molecule has 0 spiro atoms. The summed E-state index contributed by atoms with van der Waals surface area (Å²) < 4.78 is 39.8. The van der Waals surface area contributed by atoms with E-state index >= 15 is 0 Å². The van der Waals surface area contributed by atoms with E-state index in [0.29, 0.717) is 13.1 Å². The monoisotopic (exact) mass is 338 g/mol. The number of anilines is 1. The Labute approximate surface area is 131 Å². The average Bonchev–Trinajstić information content (AvgIpc) is 2.66. The molecule has 1 saturated heterocycles. The second kappa shape index (κ2) is 6.76. The van der Waals surface area contributed by atoms with Crippen LogP contribution in [0.5, 0.6) is 0 Å². The van der Waals surface area contributed by atoms with Crippen molar-refractivity contribution in [2.45, 2.75) is 38.3 Å². The highest BCUT2D eigenvalue weighted by atomic mass is 35.5. The van der Waals surface area contributed by atoms with Crippen molar-refractivity contribution in [3.05, 3.63) is 10.8 Å². The molecule has 1 N–H and O–H groups in total. The number of rotatable bonds is 1. The summed E-state index contributed by atoms with van der Waals surface area (Å²) in [7, 11) is 1.29. The molecule has 2 rings (SSSR count). The summed E-state index contributed by atoms with van der Waals surface area (Å²) in [5.41, 5.74) is -1.66. The summed E-state index contributed by atoms with van der Waals surface area (Å²) in [6.45, 7) is 1.07. The molecular weight excluding hydrogens is 321 g/mol. The van der Waals surface area contributed by atoms with Gasteiger partial charge in [0.05, 0.1) is 0 Å². The first-order valence-electron chi connectivity index (χ1n) is 7.16. The quantitative estimate of drug-likeness (QED) is 0.844. The highest BCUT2D eigenvalue weighted by molar-refractivity contribution is 6.32. The minimum atomic E-state index is -4.68. The number of carbonyl (C=O) groups is 1. The summed E-state index contributed by atoms with van der Waals surface area (Å²) >= 11 is 5.83. The van der Waals surface area contributed by atoms with Crippen molar-refractivity contribution in [1.82, 2.24) is 14.7 Å². The van der Waals surface area contributed by atoms with Gasteiger partial charge in [-0.1, -0.05) is 30.9 Å². The SMILES string of the molecule is Cn1nc(C(F)(F)F)c(NC(=O)N2CCCCCCC2)c1Cl. The summed E-state index contributed by atoms with van der Waals surface area (Å²) in [5.74, 6) is 0. The van der Waals surface area contributed by atoms with E-state index in [0.717, 1.165) is 36.8 Å². The lowest BCUT2D eigenvalue weighted by Crippen LogP contribution is -2.37. The van der Waals surface area contributed by atoms with E-state index in [1.807, 2.05) is 0 Å². The highest BCUT2D eigenvalue weighted by Crippen LogP contribution is 2.37. The predicted molar refractivity (Wildman–Crippen MR) is 76.9 cm³/mol. The average molecular weight is 339 g/mol. The van der Waals surface area contributed by atoms with Crippen LogP contribution >= 0.6 is 11.6 Å². The molecule has 2 heterocycles. The van der Waals surface area contributed by atoms with E-state index < -0.39 is 23.6 Å². The molecule has 1 aromatic rings. The molecule has 0 unspecified atom stereocenters. The van der Waals surface area contributed by atoms with Crippen molar-refractivity contribution >= 4 is 23.3 Å². The standard InChI is InChI=1S/C13H18ClF3N4O/c1-20-11(14)9(10(19-20)13(15,16)17)18-12(22)21-7-5-3-2-4-6-8-21/h2-8H2,1H3,(H,18,22). The van der Waals surface area contributed by atoms with Gasteiger partial charge in [0, 0.05) is 20.1 Å². The Bertz CT molecular complexity index is 536. The molecule has 0 saturated carbocycles. The van der Waals surface area contributed by atoms with Crippen molar-refractivity contribution in [3.8, 4) is 0 Å². The van der Waals surface area contributed by atoms with Crippen LogP contribution in [-0.2, 0) is 13.2 Å². The van der Waals surface area contributed by atoms with Crippen LogP contribution in [0.25, 0.3) is 0 Å². The van der Waals surface area contributed by atoms with E-state index in [4.69, 9.17) is 11.6 Å². The topological polar surface area (TPSA) is 50.2 Å². The first-order chi connectivity index (χ1) is 10.3. The van der Waals surface area contributed by atoms with Crippen LogP contribution in [0.15, 0.2) is 0 Å². The third-order valence-corrected chi connectivity index (χ3v) is 4.05. The van der Waals surface area contributed by atoms with Gasteiger partial charge in [-0.15, -0.1) is 0 Å². The summed E-state index contributed by atoms with van der Waals surface area (Å²) in [6.07, 6.45) is 0.184. The molecule has 5 nitrogen and oxygen atoms in total. The number of alkyl halides is 3. The summed E-state index contributed by atoms with van der Waals surface area (Å²) in [4.78, 5) is 13.8. The number of amides is 2. The van der Waals surface area contributed by atoms with Crippen LogP contribution in [0.2, 0.25) is 5.15 Å². The van der Waals surface area contributed by atoms with Crippen LogP contribution in [-0.4, -0.2) is 33.8 Å². The van der Waals surface area contributed by atoms with Crippen molar-refractivity contribution in [2.24, 2.45) is 7.05 Å². The zero-order chi connectivity index (χ0) is 16.3. The third kappa shape index (κ3) is 3.85. The molecule has 0 bridgehead atoms. The number of carbonyl (C=O) groups excluding carboxylic acids is 1. The highest BCUT2D eigenvalue weighted by Gasteiger charge is 2.39. The normalized spacial score (nSPS) is 17.0. The Balaban J connectivity index is 2.17. The molecule has 9 heteroatoms. The lowest BCUT2D eigenvalue weighted by Gasteiger charge is -2.25. The maximum Gasteiger partial charge on any atom is 0.437 e. The van der Waals surface area contributed by atoms with E-state index in [9.17, 15) is 18.0 Å². The van der Waals surface area contributed by atoms with Crippen molar-refractivity contribution in [2.75, 3.05) is 18.4 Å². The Morgan fingerprint density at radius 1 is 1.18 bits per heavy atom. The van der Waals surface area contributed by atoms with Gasteiger partial charge in [-0.25, -0.2) is 4.79 Å². The number of nitrogens with one attached hydrogen (secondary N) is 1. The van der Waals surface area contributed by atoms with Crippen molar-refractivity contribution in [1.29, 1.82) is 0 Å². The Hall–Kier alpha value is -1.44. The fraction of sp³-hybridized carbons (Fsp3) is 0.692. The van der Waals surface area contributed by atoms with Gasteiger partial charge in [0.25, 0.3) is 0 Å². The molecule has 0 atom stereocenters. The van der Waals surface area contributed by atoms with Gasteiger partial charge in [0.15, 0.2) is 10.8 Å². The van der Waals surface area contributed by atoms with Crippen LogP contribution < -0.4 is 5.32 Å². The minimum Gasteiger partial charge on any atom is -0.325 e. The molecule has 0 aromatic carbocycles. The van der Waals surface area contributed by atoms with Gasteiger partial charge in [0.1, 0.15) is 5.69 Å². The van der Waals surface area contributed by atoms with Crippen LogP contribution in [0.1, 0.15) is 37.8 Å². The van der Waals surface area contributed by atoms with E-state index in [2.05, 4.69) is 10.4 Å². The first kappa shape index (κ1) is 16.9. The maximum absolute atomic E-state index is 13.0. The van der Waals surface area contributed by atoms with Gasteiger partial charge in [0.2, 0.25) is 0 Å². The molecule has 1 aromatic heterocycles. The summed E-state index contributed by atoms with van der Waals surface area (Å²) in [5, 5.41) is 5.37. The number of likely N-dealkylation sites (tertiary alicyclic amines) is 1. The molecule has 1 fully saturated rings. The molecule has 22 heavy (non-hydrogen) atoms. The smallest absolute Gasteiger partial charge is 0.325 e. The van der Waals surface area contributed by atoms with E-state index in [-0.39, 0.29) is 5.15 Å². The number of halogens is 4. The Morgan fingerprint density at radius 2 is 1.73 bits per heavy atom. The molecule has 2 amide bonds. The van der Waals surface area contributed by atoms with Crippen LogP contribution in [0, 0.1) is 0 Å². The van der Waals surface area contributed by atoms with Gasteiger partial charge in [-0.3, -0.25) is 4.68 Å². The number of hydrogen-bond donors (Lipinski definition) is 1. The number of aryl methyl sites for hydroxylation is 1. The maximum atomic E-state index is 13.0. The summed E-state index contributed by atoms with van der Waals surface area (Å²) in [6, 6.07) is -0.567. The number of urea groups is 1. The lowest BCUT2D eigenvalue weighted by atomic mass is 10.1. The number of aromatic nitrogens is 2. The lowest BCUT2D eigenvalue weighted by molar-refractivity contribution is -0.140. The van der Waals surface area contributed by atoms with Crippen LogP contribution in [0.4, 0.5) is 23.7 Å². The van der Waals surface area contributed by atoms with Gasteiger partial charge in [-0.2, -0.15) is 18.3 Å². The minimum absolute atomic E-state index is 0.243. The van der Waals surface area contributed by atoms with Crippen LogP contribution in [0.3, 0.4) is 0 Å². The van der Waals surface area contributed by atoms with Gasteiger partial charge >= 0.3 is 12.2 Å². The van der Waals surface area contributed by atoms with E-state index in [1.54, 1.807) is 0 Å². The van der Waals surface area contributed by atoms with Crippen molar-refractivity contribution < 1.29 is 18.0 Å². The first-order valence-corrected chi connectivity index (χ1v) is 7.54. The Kier molecular flexibility index (Phi) is 5.20. The molecule has 124 valence electrons. The molecular formula is C13H18ClF3N4O. The predicted octanol–water partition coefficient (Wildman–Crippen LogP) is 3.89. The molecule has 0 radical (unpaired) electrons. The fourth-order valence-electron chi connectivity index (χ4n) is 2.45. The Morgan fingerprint density at radius 3 is 2.27 bits per heavy atom. The fourth-order valence-corrected chi connectivity index (χ4v) is 2.62. The molecule has 1 aliphatic rings. The van der Waals surface area contributed by atoms with Gasteiger partial charge in [-0.05, 0) is 12.8 Å². The largest absolute Gasteiger partial charge is 0.437 e. The zero-order valence-electron chi connectivity index (χ0n) is 12.2. The van der Waals surface area contributed by atoms with Crippen molar-refractivity contribution in [3.63, 3.8) is 0 Å². The second-order valence-electron chi connectivity index (χ2n) is 5.32. The van der Waals surface area contributed by atoms with E-state index in [1.165, 1.54) is 11.9 Å². The zero-order valence-corrected chi connectivity index (χ0v) is 13.0. The third-order valence-electron chi connectivity index (χ3n) is 3.62.